The first-order valence-electron chi connectivity index (χ1n) is 4.95. The zero-order chi connectivity index (χ0) is 11.5. The number of aromatic amines is 1. The largest absolute Gasteiger partial charge is 0.369 e. The smallest absolute Gasteiger partial charge is 0.221 e. The summed E-state index contributed by atoms with van der Waals surface area (Å²) in [5.74, 6) is -0.370. The first kappa shape index (κ1) is 10.2. The molecule has 0 aliphatic rings. The predicted molar refractivity (Wildman–Crippen MR) is 60.5 cm³/mol. The van der Waals surface area contributed by atoms with Crippen LogP contribution in [-0.4, -0.2) is 10.9 Å². The molecular formula is C12H11N3O. The fraction of sp³-hybridized carbons (Fsp3) is 0.167. The SMILES string of the molecule is N#CCc1cc(CC(N)=O)c2[nH]ccc2c1. The molecule has 0 unspecified atom stereocenters. The van der Waals surface area contributed by atoms with E-state index in [-0.39, 0.29) is 12.3 Å². The van der Waals surface area contributed by atoms with Gasteiger partial charge in [-0.1, -0.05) is 6.07 Å². The highest BCUT2D eigenvalue weighted by atomic mass is 16.1. The third-order valence-corrected chi connectivity index (χ3v) is 2.45. The van der Waals surface area contributed by atoms with Crippen molar-refractivity contribution < 1.29 is 4.79 Å². The lowest BCUT2D eigenvalue weighted by molar-refractivity contribution is -0.117. The van der Waals surface area contributed by atoms with Crippen LogP contribution in [0.5, 0.6) is 0 Å². The summed E-state index contributed by atoms with van der Waals surface area (Å²) in [5, 5.41) is 9.67. The van der Waals surface area contributed by atoms with Crippen LogP contribution in [0, 0.1) is 11.3 Å². The van der Waals surface area contributed by atoms with Gasteiger partial charge in [0.05, 0.1) is 18.9 Å². The average molecular weight is 213 g/mol. The lowest BCUT2D eigenvalue weighted by Gasteiger charge is -2.03. The summed E-state index contributed by atoms with van der Waals surface area (Å²) < 4.78 is 0. The van der Waals surface area contributed by atoms with Crippen molar-refractivity contribution >= 4 is 16.8 Å². The molecule has 2 rings (SSSR count). The summed E-state index contributed by atoms with van der Waals surface area (Å²) >= 11 is 0. The van der Waals surface area contributed by atoms with Gasteiger partial charge in [-0.25, -0.2) is 0 Å². The van der Waals surface area contributed by atoms with Crippen LogP contribution in [0.4, 0.5) is 0 Å². The Hall–Kier alpha value is -2.28. The highest BCUT2D eigenvalue weighted by Gasteiger charge is 2.07. The zero-order valence-corrected chi connectivity index (χ0v) is 8.66. The molecule has 4 heteroatoms. The summed E-state index contributed by atoms with van der Waals surface area (Å²) in [4.78, 5) is 14.0. The Labute approximate surface area is 92.7 Å². The second kappa shape index (κ2) is 4.07. The van der Waals surface area contributed by atoms with Crippen LogP contribution < -0.4 is 5.73 Å². The van der Waals surface area contributed by atoms with Gasteiger partial charge in [-0.05, 0) is 28.6 Å². The van der Waals surface area contributed by atoms with Crippen molar-refractivity contribution in [1.29, 1.82) is 5.26 Å². The van der Waals surface area contributed by atoms with Crippen LogP contribution in [0.3, 0.4) is 0 Å². The Morgan fingerprint density at radius 1 is 1.50 bits per heavy atom. The van der Waals surface area contributed by atoms with Crippen LogP contribution in [0.1, 0.15) is 11.1 Å². The van der Waals surface area contributed by atoms with Gasteiger partial charge in [-0.2, -0.15) is 5.26 Å². The molecule has 0 radical (unpaired) electrons. The van der Waals surface area contributed by atoms with Crippen LogP contribution in [0.2, 0.25) is 0 Å². The van der Waals surface area contributed by atoms with Gasteiger partial charge < -0.3 is 10.7 Å². The third kappa shape index (κ3) is 1.89. The number of hydrogen-bond acceptors (Lipinski definition) is 2. The van der Waals surface area contributed by atoms with E-state index >= 15 is 0 Å². The van der Waals surface area contributed by atoms with Gasteiger partial charge in [0.15, 0.2) is 0 Å². The highest BCUT2D eigenvalue weighted by Crippen LogP contribution is 2.20. The molecule has 3 N–H and O–H groups in total. The summed E-state index contributed by atoms with van der Waals surface area (Å²) in [5.41, 5.74) is 7.86. The maximum Gasteiger partial charge on any atom is 0.221 e. The summed E-state index contributed by atoms with van der Waals surface area (Å²) in [6, 6.07) is 7.81. The molecule has 0 atom stereocenters. The molecule has 1 heterocycles. The summed E-state index contributed by atoms with van der Waals surface area (Å²) in [6.45, 7) is 0. The van der Waals surface area contributed by atoms with Crippen molar-refractivity contribution in [3.05, 3.63) is 35.5 Å². The molecule has 0 saturated carbocycles. The van der Waals surface area contributed by atoms with Gasteiger partial charge in [0.2, 0.25) is 5.91 Å². The van der Waals surface area contributed by atoms with Crippen molar-refractivity contribution in [2.24, 2.45) is 5.73 Å². The van der Waals surface area contributed by atoms with Crippen molar-refractivity contribution in [2.45, 2.75) is 12.8 Å². The molecular weight excluding hydrogens is 202 g/mol. The Kier molecular flexibility index (Phi) is 2.61. The van der Waals surface area contributed by atoms with E-state index in [1.54, 1.807) is 0 Å². The quantitative estimate of drug-likeness (QED) is 0.804. The number of nitrogens with two attached hydrogens (primary N) is 1. The minimum absolute atomic E-state index is 0.191. The Balaban J connectivity index is 2.55. The Morgan fingerprint density at radius 2 is 2.31 bits per heavy atom. The second-order valence-electron chi connectivity index (χ2n) is 3.67. The highest BCUT2D eigenvalue weighted by molar-refractivity contribution is 5.88. The van der Waals surface area contributed by atoms with Crippen molar-refractivity contribution in [3.63, 3.8) is 0 Å². The molecule has 1 aromatic carbocycles. The molecule has 2 aromatic rings. The van der Waals surface area contributed by atoms with Crippen LogP contribution >= 0.6 is 0 Å². The molecule has 4 nitrogen and oxygen atoms in total. The molecule has 0 aliphatic carbocycles. The topological polar surface area (TPSA) is 82.7 Å². The standard InChI is InChI=1S/C12H11N3O/c13-3-1-8-5-9-2-4-15-12(9)10(6-8)7-11(14)16/h2,4-6,15H,1,7H2,(H2,14,16). The van der Waals surface area contributed by atoms with Gasteiger partial charge in [-0.15, -0.1) is 0 Å². The van der Waals surface area contributed by atoms with Crippen molar-refractivity contribution in [2.75, 3.05) is 0 Å². The molecule has 80 valence electrons. The second-order valence-corrected chi connectivity index (χ2v) is 3.67. The van der Waals surface area contributed by atoms with E-state index in [1.165, 1.54) is 0 Å². The number of carbonyl (C=O) groups is 1. The maximum absolute atomic E-state index is 10.9. The molecule has 0 saturated heterocycles. The van der Waals surface area contributed by atoms with Crippen molar-refractivity contribution in [1.82, 2.24) is 4.98 Å². The van der Waals surface area contributed by atoms with Crippen LogP contribution in [0.15, 0.2) is 24.4 Å². The van der Waals surface area contributed by atoms with Gasteiger partial charge >= 0.3 is 0 Å². The minimum atomic E-state index is -0.370. The van der Waals surface area contributed by atoms with E-state index in [4.69, 9.17) is 11.0 Å². The van der Waals surface area contributed by atoms with E-state index < -0.39 is 0 Å². The van der Waals surface area contributed by atoms with Crippen molar-refractivity contribution in [3.8, 4) is 6.07 Å². The zero-order valence-electron chi connectivity index (χ0n) is 8.66. The lowest BCUT2D eigenvalue weighted by Crippen LogP contribution is -2.14. The van der Waals surface area contributed by atoms with Gasteiger partial charge in [0, 0.05) is 11.7 Å². The fourth-order valence-electron chi connectivity index (χ4n) is 1.84. The average Bonchev–Trinajstić information content (AvgIpc) is 2.65. The van der Waals surface area contributed by atoms with E-state index in [1.807, 2.05) is 24.4 Å². The molecule has 0 bridgehead atoms. The van der Waals surface area contributed by atoms with Gasteiger partial charge in [0.25, 0.3) is 0 Å². The normalized spacial score (nSPS) is 10.2. The summed E-state index contributed by atoms with van der Waals surface area (Å²) in [6.07, 6.45) is 2.34. The van der Waals surface area contributed by atoms with E-state index in [0.29, 0.717) is 6.42 Å². The number of H-pyrrole nitrogens is 1. The Morgan fingerprint density at radius 3 is 3.00 bits per heavy atom. The first-order chi connectivity index (χ1) is 7.70. The first-order valence-corrected chi connectivity index (χ1v) is 4.95. The Bertz CT molecular complexity index is 577. The number of nitriles is 1. The van der Waals surface area contributed by atoms with E-state index in [2.05, 4.69) is 11.1 Å². The number of rotatable bonds is 3. The van der Waals surface area contributed by atoms with Crippen LogP contribution in [0.25, 0.3) is 10.9 Å². The molecule has 0 aliphatic heterocycles. The number of primary amides is 1. The molecule has 1 aromatic heterocycles. The minimum Gasteiger partial charge on any atom is -0.369 e. The molecule has 0 spiro atoms. The van der Waals surface area contributed by atoms with Crippen LogP contribution in [-0.2, 0) is 17.6 Å². The number of benzene rings is 1. The monoisotopic (exact) mass is 213 g/mol. The maximum atomic E-state index is 10.9. The fourth-order valence-corrected chi connectivity index (χ4v) is 1.84. The number of carbonyl (C=O) groups excluding carboxylic acids is 1. The van der Waals surface area contributed by atoms with Gasteiger partial charge in [-0.3, -0.25) is 4.79 Å². The summed E-state index contributed by atoms with van der Waals surface area (Å²) in [7, 11) is 0. The number of fused-ring (bicyclic) bond motifs is 1. The number of hydrogen-bond donors (Lipinski definition) is 2. The third-order valence-electron chi connectivity index (χ3n) is 2.45. The number of nitrogens with one attached hydrogen (secondary N) is 1. The van der Waals surface area contributed by atoms with Gasteiger partial charge in [0.1, 0.15) is 0 Å². The number of aromatic nitrogens is 1. The number of amides is 1. The molecule has 1 amide bonds. The molecule has 0 fully saturated rings. The van der Waals surface area contributed by atoms with E-state index in [9.17, 15) is 4.79 Å². The van der Waals surface area contributed by atoms with E-state index in [0.717, 1.165) is 22.0 Å². The number of nitrogens with zero attached hydrogens (tertiary/aromatic N) is 1. The predicted octanol–water partition coefficient (Wildman–Crippen LogP) is 1.26. The lowest BCUT2D eigenvalue weighted by atomic mass is 10.0. The molecule has 16 heavy (non-hydrogen) atoms.